The second kappa shape index (κ2) is 9.18. The molecule has 0 bridgehead atoms. The highest BCUT2D eigenvalue weighted by Gasteiger charge is 1.95. The predicted octanol–water partition coefficient (Wildman–Crippen LogP) is -0.0193. The van der Waals surface area contributed by atoms with E-state index in [1.54, 1.807) is 6.92 Å². The first-order valence-corrected chi connectivity index (χ1v) is 3.75. The smallest absolute Gasteiger partial charge is 0.330 e. The van der Waals surface area contributed by atoms with Gasteiger partial charge in [0.2, 0.25) is 0 Å². The number of aliphatic hydroxyl groups is 2. The minimum atomic E-state index is -0.995. The van der Waals surface area contributed by atoms with Crippen molar-refractivity contribution in [3.05, 3.63) is 12.2 Å². The summed E-state index contributed by atoms with van der Waals surface area (Å²) in [6.45, 7) is 6.46. The number of carbonyl (C=O) groups is 1. The average Bonchev–Trinajstić information content (AvgIpc) is 2.05. The van der Waals surface area contributed by atoms with Crippen molar-refractivity contribution in [3.63, 3.8) is 0 Å². The molecule has 13 heavy (non-hydrogen) atoms. The van der Waals surface area contributed by atoms with Crippen molar-refractivity contribution in [2.75, 3.05) is 13.2 Å². The average molecular weight is 192 g/mol. The first-order valence-electron chi connectivity index (χ1n) is 3.75. The lowest BCUT2D eigenvalue weighted by Crippen LogP contribution is -2.15. The zero-order chi connectivity index (χ0) is 10.9. The molecule has 78 valence electrons. The zero-order valence-corrected chi connectivity index (χ0v) is 7.86. The van der Waals surface area contributed by atoms with Crippen LogP contribution in [0.2, 0.25) is 0 Å². The van der Waals surface area contributed by atoms with Gasteiger partial charge >= 0.3 is 5.97 Å². The molecule has 1 atom stereocenters. The lowest BCUT2D eigenvalue weighted by atomic mass is 10.4. The van der Waals surface area contributed by atoms with Gasteiger partial charge in [0.05, 0.1) is 6.61 Å². The van der Waals surface area contributed by atoms with Gasteiger partial charge in [0, 0.05) is 12.2 Å². The molecule has 5 heteroatoms. The molecule has 0 saturated heterocycles. The molecule has 0 heterocycles. The molecular formula is C8H16O5. The van der Waals surface area contributed by atoms with Crippen LogP contribution in [0.3, 0.4) is 0 Å². The maximum Gasteiger partial charge on any atom is 0.330 e. The van der Waals surface area contributed by atoms with E-state index in [9.17, 15) is 4.79 Å². The largest absolute Gasteiger partial charge is 0.478 e. The lowest BCUT2D eigenvalue weighted by molar-refractivity contribution is -0.132. The van der Waals surface area contributed by atoms with Gasteiger partial charge in [-0.1, -0.05) is 6.58 Å². The number of aliphatic carboxylic acids is 1. The van der Waals surface area contributed by atoms with Gasteiger partial charge in [-0.05, 0) is 13.8 Å². The van der Waals surface area contributed by atoms with E-state index >= 15 is 0 Å². The van der Waals surface area contributed by atoms with Crippen LogP contribution in [-0.4, -0.2) is 40.8 Å². The summed E-state index contributed by atoms with van der Waals surface area (Å²) < 4.78 is 4.50. The molecule has 0 radical (unpaired) electrons. The topological polar surface area (TPSA) is 87.0 Å². The van der Waals surface area contributed by atoms with Gasteiger partial charge in [0.15, 0.2) is 6.29 Å². The Kier molecular flexibility index (Phi) is 10.3. The van der Waals surface area contributed by atoms with Crippen molar-refractivity contribution in [3.8, 4) is 0 Å². The van der Waals surface area contributed by atoms with E-state index in [0.29, 0.717) is 6.61 Å². The summed E-state index contributed by atoms with van der Waals surface area (Å²) >= 11 is 0. The number of rotatable bonds is 4. The fourth-order valence-electron chi connectivity index (χ4n) is 0.245. The third kappa shape index (κ3) is 14.0. The molecule has 3 N–H and O–H groups in total. The minimum Gasteiger partial charge on any atom is -0.478 e. The first-order chi connectivity index (χ1) is 5.95. The third-order valence-electron chi connectivity index (χ3n) is 0.880. The van der Waals surface area contributed by atoms with Gasteiger partial charge in [0.25, 0.3) is 0 Å². The van der Waals surface area contributed by atoms with Crippen LogP contribution in [0.4, 0.5) is 0 Å². The van der Waals surface area contributed by atoms with Crippen LogP contribution in [0.15, 0.2) is 12.2 Å². The quantitative estimate of drug-likeness (QED) is 0.430. The number of ether oxygens (including phenoxy) is 1. The Morgan fingerprint density at radius 3 is 2.08 bits per heavy atom. The molecule has 0 aliphatic heterocycles. The Hall–Kier alpha value is -0.910. The summed E-state index contributed by atoms with van der Waals surface area (Å²) in [4.78, 5) is 9.60. The molecule has 0 aromatic heterocycles. The van der Waals surface area contributed by atoms with Gasteiger partial charge in [-0.3, -0.25) is 0 Å². The van der Waals surface area contributed by atoms with E-state index in [1.165, 1.54) is 6.92 Å². The van der Waals surface area contributed by atoms with E-state index in [-0.39, 0.29) is 12.2 Å². The van der Waals surface area contributed by atoms with Gasteiger partial charge in [-0.2, -0.15) is 0 Å². The van der Waals surface area contributed by atoms with Crippen molar-refractivity contribution in [1.29, 1.82) is 0 Å². The summed E-state index contributed by atoms with van der Waals surface area (Å²) in [5, 5.41) is 24.4. The Labute approximate surface area is 77.3 Å². The van der Waals surface area contributed by atoms with E-state index < -0.39 is 12.3 Å². The van der Waals surface area contributed by atoms with Crippen LogP contribution in [0, 0.1) is 0 Å². The normalized spacial score (nSPS) is 11.1. The zero-order valence-electron chi connectivity index (χ0n) is 7.86. The molecule has 0 aliphatic rings. The Bertz CT molecular complexity index is 143. The molecule has 0 aliphatic carbocycles. The summed E-state index contributed by atoms with van der Waals surface area (Å²) in [6, 6.07) is 0. The number of carboxylic acids is 1. The van der Waals surface area contributed by atoms with Crippen LogP contribution in [0.25, 0.3) is 0 Å². The molecule has 0 aromatic rings. The van der Waals surface area contributed by atoms with Crippen molar-refractivity contribution < 1.29 is 24.9 Å². The molecular weight excluding hydrogens is 176 g/mol. The SMILES string of the molecule is C=C(C)C(=O)O.CCOC(O)CO. The molecule has 0 rings (SSSR count). The van der Waals surface area contributed by atoms with Gasteiger partial charge < -0.3 is 20.1 Å². The maximum absolute atomic E-state index is 9.60. The van der Waals surface area contributed by atoms with Crippen molar-refractivity contribution >= 4 is 5.97 Å². The first kappa shape index (κ1) is 14.6. The van der Waals surface area contributed by atoms with Crippen LogP contribution in [0.5, 0.6) is 0 Å². The molecule has 0 saturated carbocycles. The number of aliphatic hydroxyl groups excluding tert-OH is 2. The Morgan fingerprint density at radius 1 is 1.62 bits per heavy atom. The third-order valence-corrected chi connectivity index (χ3v) is 0.880. The second-order valence-corrected chi connectivity index (χ2v) is 2.18. The fourth-order valence-corrected chi connectivity index (χ4v) is 0.245. The van der Waals surface area contributed by atoms with Crippen LogP contribution in [-0.2, 0) is 9.53 Å². The fraction of sp³-hybridized carbons (Fsp3) is 0.625. The standard InChI is InChI=1S/C4H10O3.C4H6O2/c1-2-7-4(6)3-5;1-3(2)4(5)6/h4-6H,2-3H2,1H3;1H2,2H3,(H,5,6). The second-order valence-electron chi connectivity index (χ2n) is 2.18. The van der Waals surface area contributed by atoms with Gasteiger partial charge in [-0.25, -0.2) is 4.79 Å². The number of carboxylic acid groups (broad SMARTS) is 1. The molecule has 0 fully saturated rings. The summed E-state index contributed by atoms with van der Waals surface area (Å²) in [7, 11) is 0. The van der Waals surface area contributed by atoms with Crippen LogP contribution >= 0.6 is 0 Å². The molecule has 5 nitrogen and oxygen atoms in total. The van der Waals surface area contributed by atoms with Gasteiger partial charge in [-0.15, -0.1) is 0 Å². The lowest BCUT2D eigenvalue weighted by Gasteiger charge is -2.03. The van der Waals surface area contributed by atoms with Crippen molar-refractivity contribution in [2.24, 2.45) is 0 Å². The highest BCUT2D eigenvalue weighted by molar-refractivity contribution is 5.84. The molecule has 0 aromatic carbocycles. The van der Waals surface area contributed by atoms with Gasteiger partial charge in [0.1, 0.15) is 0 Å². The maximum atomic E-state index is 9.60. The molecule has 0 amide bonds. The van der Waals surface area contributed by atoms with Crippen LogP contribution in [0.1, 0.15) is 13.8 Å². The van der Waals surface area contributed by atoms with E-state index in [0.717, 1.165) is 0 Å². The monoisotopic (exact) mass is 192 g/mol. The van der Waals surface area contributed by atoms with E-state index in [1.807, 2.05) is 0 Å². The van der Waals surface area contributed by atoms with Crippen LogP contribution < -0.4 is 0 Å². The minimum absolute atomic E-state index is 0.176. The van der Waals surface area contributed by atoms with Crippen molar-refractivity contribution in [2.45, 2.75) is 20.1 Å². The van der Waals surface area contributed by atoms with E-state index in [4.69, 9.17) is 15.3 Å². The Balaban J connectivity index is 0. The predicted molar refractivity (Wildman–Crippen MR) is 47.2 cm³/mol. The van der Waals surface area contributed by atoms with Crippen molar-refractivity contribution in [1.82, 2.24) is 0 Å². The summed E-state index contributed by atoms with van der Waals surface area (Å²) in [5.74, 6) is -0.935. The molecule has 1 unspecified atom stereocenters. The summed E-state index contributed by atoms with van der Waals surface area (Å²) in [6.07, 6.45) is -0.995. The van der Waals surface area contributed by atoms with E-state index in [2.05, 4.69) is 11.3 Å². The molecule has 0 spiro atoms. The highest BCUT2D eigenvalue weighted by Crippen LogP contribution is 1.81. The number of hydrogen-bond acceptors (Lipinski definition) is 4. The Morgan fingerprint density at radius 2 is 2.00 bits per heavy atom. The summed E-state index contributed by atoms with van der Waals surface area (Å²) in [5.41, 5.74) is 0.176. The highest BCUT2D eigenvalue weighted by atomic mass is 16.6. The number of hydrogen-bond donors (Lipinski definition) is 3.